The summed E-state index contributed by atoms with van der Waals surface area (Å²) in [7, 11) is -8.11. The number of esters is 1. The van der Waals surface area contributed by atoms with E-state index in [1.54, 1.807) is 19.1 Å². The number of benzene rings is 2. The SMILES string of the molecule is CCOC(=O)C(CCCCNS(=O)(=O)c1ccc(C)cc1)NS(=O)(=O)c1ccccc1[N+](=O)[O-]. The first-order chi connectivity index (χ1) is 16.0. The van der Waals surface area contributed by atoms with Crippen molar-refractivity contribution in [3.05, 3.63) is 64.2 Å². The molecule has 2 aromatic rings. The number of nitro benzene ring substituents is 1. The van der Waals surface area contributed by atoms with Crippen molar-refractivity contribution in [2.24, 2.45) is 0 Å². The van der Waals surface area contributed by atoms with Crippen LogP contribution in [0.25, 0.3) is 0 Å². The number of hydrogen-bond donors (Lipinski definition) is 2. The fourth-order valence-electron chi connectivity index (χ4n) is 3.03. The summed E-state index contributed by atoms with van der Waals surface area (Å²) < 4.78 is 59.8. The summed E-state index contributed by atoms with van der Waals surface area (Å²) in [6.45, 7) is 3.49. The molecule has 186 valence electrons. The molecular formula is C21H27N3O8S2. The Balaban J connectivity index is 2.02. The fourth-order valence-corrected chi connectivity index (χ4v) is 5.50. The van der Waals surface area contributed by atoms with Gasteiger partial charge in [0.1, 0.15) is 6.04 Å². The Kier molecular flexibility index (Phi) is 9.67. The summed E-state index contributed by atoms with van der Waals surface area (Å²) in [5.74, 6) is -0.829. The van der Waals surface area contributed by atoms with Gasteiger partial charge >= 0.3 is 5.97 Å². The standard InChI is InChI=1S/C21H27N3O8S2/c1-3-32-21(25)18(23-34(30,31)20-10-5-4-9-19(20)24(26)27)8-6-7-15-22-33(28,29)17-13-11-16(2)12-14-17/h4-5,9-14,18,22-23H,3,6-8,15H2,1-2H3. The highest BCUT2D eigenvalue weighted by atomic mass is 32.2. The molecular weight excluding hydrogens is 486 g/mol. The number of nitro groups is 1. The van der Waals surface area contributed by atoms with E-state index in [2.05, 4.69) is 9.44 Å². The zero-order chi connectivity index (χ0) is 25.4. The second-order valence-electron chi connectivity index (χ2n) is 7.36. The van der Waals surface area contributed by atoms with Gasteiger partial charge in [0.05, 0.1) is 16.4 Å². The van der Waals surface area contributed by atoms with Crippen molar-refractivity contribution in [1.29, 1.82) is 0 Å². The van der Waals surface area contributed by atoms with Crippen molar-refractivity contribution >= 4 is 31.7 Å². The summed E-state index contributed by atoms with van der Waals surface area (Å²) in [5, 5.41) is 11.2. The Hall–Kier alpha value is -2.87. The van der Waals surface area contributed by atoms with Crippen molar-refractivity contribution in [2.75, 3.05) is 13.2 Å². The predicted octanol–water partition coefficient (Wildman–Crippen LogP) is 2.26. The zero-order valence-corrected chi connectivity index (χ0v) is 20.4. The number of rotatable bonds is 13. The van der Waals surface area contributed by atoms with Crippen LogP contribution in [0.3, 0.4) is 0 Å². The number of carbonyl (C=O) groups is 1. The van der Waals surface area contributed by atoms with E-state index in [0.29, 0.717) is 6.42 Å². The summed E-state index contributed by atoms with van der Waals surface area (Å²) in [6, 6.07) is 9.84. The molecule has 0 aliphatic heterocycles. The van der Waals surface area contributed by atoms with E-state index >= 15 is 0 Å². The van der Waals surface area contributed by atoms with E-state index < -0.39 is 47.6 Å². The van der Waals surface area contributed by atoms with Crippen LogP contribution in [0.15, 0.2) is 58.3 Å². The Morgan fingerprint density at radius 2 is 1.68 bits per heavy atom. The van der Waals surface area contributed by atoms with Crippen molar-refractivity contribution < 1.29 is 31.3 Å². The quantitative estimate of drug-likeness (QED) is 0.178. The highest BCUT2D eigenvalue weighted by molar-refractivity contribution is 7.90. The van der Waals surface area contributed by atoms with Gasteiger partial charge in [0.15, 0.2) is 4.90 Å². The van der Waals surface area contributed by atoms with Crippen LogP contribution in [-0.2, 0) is 29.6 Å². The number of nitrogens with one attached hydrogen (secondary N) is 2. The van der Waals surface area contributed by atoms with Crippen LogP contribution in [-0.4, -0.2) is 46.9 Å². The number of aryl methyl sites for hydroxylation is 1. The van der Waals surface area contributed by atoms with Crippen LogP contribution in [0.5, 0.6) is 0 Å². The number of carbonyl (C=O) groups excluding carboxylic acids is 1. The molecule has 11 nitrogen and oxygen atoms in total. The molecule has 0 saturated carbocycles. The van der Waals surface area contributed by atoms with Crippen molar-refractivity contribution in [2.45, 2.75) is 48.9 Å². The fraction of sp³-hybridized carbons (Fsp3) is 0.381. The molecule has 2 rings (SSSR count). The van der Waals surface area contributed by atoms with Crippen molar-refractivity contribution in [3.63, 3.8) is 0 Å². The first-order valence-electron chi connectivity index (χ1n) is 10.5. The highest BCUT2D eigenvalue weighted by Crippen LogP contribution is 2.23. The average Bonchev–Trinajstić information content (AvgIpc) is 2.78. The number of nitrogens with zero attached hydrogens (tertiary/aromatic N) is 1. The molecule has 0 aliphatic rings. The van der Waals surface area contributed by atoms with Gasteiger partial charge in [-0.25, -0.2) is 21.6 Å². The summed E-state index contributed by atoms with van der Waals surface area (Å²) in [6.07, 6.45) is 0.596. The zero-order valence-electron chi connectivity index (χ0n) is 18.8. The third-order valence-electron chi connectivity index (χ3n) is 4.76. The lowest BCUT2D eigenvalue weighted by molar-refractivity contribution is -0.387. The van der Waals surface area contributed by atoms with Crippen molar-refractivity contribution in [1.82, 2.24) is 9.44 Å². The Morgan fingerprint density at radius 1 is 1.03 bits per heavy atom. The average molecular weight is 514 g/mol. The largest absolute Gasteiger partial charge is 0.465 e. The monoisotopic (exact) mass is 513 g/mol. The summed E-state index contributed by atoms with van der Waals surface area (Å²) >= 11 is 0. The predicted molar refractivity (Wildman–Crippen MR) is 124 cm³/mol. The Morgan fingerprint density at radius 3 is 2.29 bits per heavy atom. The van der Waals surface area contributed by atoms with E-state index in [4.69, 9.17) is 4.74 Å². The van der Waals surface area contributed by atoms with Gasteiger partial charge in [0.2, 0.25) is 20.0 Å². The highest BCUT2D eigenvalue weighted by Gasteiger charge is 2.31. The van der Waals surface area contributed by atoms with E-state index in [9.17, 15) is 31.7 Å². The number of ether oxygens (including phenoxy) is 1. The Labute approximate surface area is 198 Å². The van der Waals surface area contributed by atoms with Gasteiger partial charge in [0, 0.05) is 12.6 Å². The molecule has 1 atom stereocenters. The molecule has 0 aromatic heterocycles. The van der Waals surface area contributed by atoms with E-state index in [-0.39, 0.29) is 30.9 Å². The molecule has 34 heavy (non-hydrogen) atoms. The summed E-state index contributed by atoms with van der Waals surface area (Å²) in [4.78, 5) is 22.2. The molecule has 0 radical (unpaired) electrons. The van der Waals surface area contributed by atoms with Gasteiger partial charge in [-0.05, 0) is 51.3 Å². The maximum atomic E-state index is 12.8. The van der Waals surface area contributed by atoms with Gasteiger partial charge in [-0.2, -0.15) is 4.72 Å². The molecule has 2 N–H and O–H groups in total. The van der Waals surface area contributed by atoms with Crippen LogP contribution >= 0.6 is 0 Å². The molecule has 0 heterocycles. The van der Waals surface area contributed by atoms with E-state index in [0.717, 1.165) is 17.7 Å². The second-order valence-corrected chi connectivity index (χ2v) is 10.8. The van der Waals surface area contributed by atoms with Crippen LogP contribution in [0, 0.1) is 17.0 Å². The molecule has 0 aliphatic carbocycles. The topological polar surface area (TPSA) is 162 Å². The lowest BCUT2D eigenvalue weighted by Crippen LogP contribution is -2.42. The van der Waals surface area contributed by atoms with Crippen LogP contribution in [0.1, 0.15) is 31.7 Å². The number of para-hydroxylation sites is 1. The normalized spacial score (nSPS) is 12.8. The molecule has 1 unspecified atom stereocenters. The first kappa shape index (κ1) is 27.4. The number of hydrogen-bond acceptors (Lipinski definition) is 8. The third kappa shape index (κ3) is 7.58. The van der Waals surface area contributed by atoms with E-state index in [1.165, 1.54) is 24.3 Å². The smallest absolute Gasteiger partial charge is 0.324 e. The van der Waals surface area contributed by atoms with Gasteiger partial charge in [-0.1, -0.05) is 29.8 Å². The Bertz CT molecular complexity index is 1210. The van der Waals surface area contributed by atoms with E-state index in [1.807, 2.05) is 6.92 Å². The molecule has 0 fully saturated rings. The van der Waals surface area contributed by atoms with Crippen LogP contribution < -0.4 is 9.44 Å². The molecule has 0 saturated heterocycles. The third-order valence-corrected chi connectivity index (χ3v) is 7.76. The summed E-state index contributed by atoms with van der Waals surface area (Å²) in [5.41, 5.74) is 0.301. The minimum Gasteiger partial charge on any atom is -0.465 e. The number of unbranched alkanes of at least 4 members (excludes halogenated alkanes) is 1. The molecule has 0 bridgehead atoms. The van der Waals surface area contributed by atoms with Gasteiger partial charge in [-0.15, -0.1) is 0 Å². The maximum Gasteiger partial charge on any atom is 0.324 e. The lowest BCUT2D eigenvalue weighted by Gasteiger charge is -2.17. The van der Waals surface area contributed by atoms with Gasteiger partial charge in [-0.3, -0.25) is 14.9 Å². The number of sulfonamides is 2. The van der Waals surface area contributed by atoms with Gasteiger partial charge < -0.3 is 4.74 Å². The molecule has 13 heteroatoms. The minimum absolute atomic E-state index is 0.00491. The lowest BCUT2D eigenvalue weighted by atomic mass is 10.1. The van der Waals surface area contributed by atoms with Gasteiger partial charge in [0.25, 0.3) is 5.69 Å². The molecule has 0 spiro atoms. The molecule has 2 aromatic carbocycles. The van der Waals surface area contributed by atoms with Crippen molar-refractivity contribution in [3.8, 4) is 0 Å². The second kappa shape index (κ2) is 12.0. The van der Waals surface area contributed by atoms with Crippen LogP contribution in [0.4, 0.5) is 5.69 Å². The molecule has 0 amide bonds. The minimum atomic E-state index is -4.41. The van der Waals surface area contributed by atoms with Crippen LogP contribution in [0.2, 0.25) is 0 Å². The maximum absolute atomic E-state index is 12.8. The first-order valence-corrected chi connectivity index (χ1v) is 13.4.